The van der Waals surface area contributed by atoms with Crippen molar-refractivity contribution in [2.45, 2.75) is 33.2 Å². The Bertz CT molecular complexity index is 1120. The lowest BCUT2D eigenvalue weighted by molar-refractivity contribution is -0.122. The van der Waals surface area contributed by atoms with Crippen molar-refractivity contribution in [3.63, 3.8) is 0 Å². The van der Waals surface area contributed by atoms with Crippen LogP contribution in [0.25, 0.3) is 10.9 Å². The third-order valence-corrected chi connectivity index (χ3v) is 6.46. The quantitative estimate of drug-likeness (QED) is 0.505. The minimum absolute atomic E-state index is 0.0440. The number of aromatic amines is 1. The Morgan fingerprint density at radius 3 is 2.59 bits per heavy atom. The minimum atomic E-state index is -0.281. The third-order valence-electron chi connectivity index (χ3n) is 6.46. The lowest BCUT2D eigenvalue weighted by Crippen LogP contribution is -2.40. The molecular weight excluding hydrogens is 400 g/mol. The number of nitrogens with one attached hydrogen (secondary N) is 2. The summed E-state index contributed by atoms with van der Waals surface area (Å²) in [6.45, 7) is 9.96. The molecule has 2 N–H and O–H groups in total. The molecule has 3 aromatic rings. The first-order valence-electron chi connectivity index (χ1n) is 11.5. The van der Waals surface area contributed by atoms with E-state index in [-0.39, 0.29) is 24.4 Å². The van der Waals surface area contributed by atoms with E-state index < -0.39 is 0 Å². The van der Waals surface area contributed by atoms with Gasteiger partial charge in [0.25, 0.3) is 5.91 Å². The summed E-state index contributed by atoms with van der Waals surface area (Å²) in [4.78, 5) is 33.6. The average Bonchev–Trinajstić information content (AvgIpc) is 3.27. The molecule has 1 aliphatic heterocycles. The molecule has 1 atom stereocenters. The van der Waals surface area contributed by atoms with Gasteiger partial charge in [0.05, 0.1) is 6.04 Å². The average molecular weight is 433 g/mol. The highest BCUT2D eigenvalue weighted by Gasteiger charge is 2.40. The first-order chi connectivity index (χ1) is 15.5. The van der Waals surface area contributed by atoms with Gasteiger partial charge in [0, 0.05) is 34.3 Å². The van der Waals surface area contributed by atoms with Crippen LogP contribution in [0.4, 0.5) is 0 Å². The van der Waals surface area contributed by atoms with E-state index in [2.05, 4.69) is 35.1 Å². The number of aromatic nitrogens is 1. The fraction of sp³-hybridized carbons (Fsp3) is 0.385. The molecule has 2 heterocycles. The Morgan fingerprint density at radius 1 is 1.09 bits per heavy atom. The molecule has 0 bridgehead atoms. The van der Waals surface area contributed by atoms with Crippen LogP contribution in [0.5, 0.6) is 0 Å². The van der Waals surface area contributed by atoms with Gasteiger partial charge in [0.15, 0.2) is 0 Å². The molecular formula is C26H32N4O2. The van der Waals surface area contributed by atoms with Crippen molar-refractivity contribution in [2.24, 2.45) is 0 Å². The van der Waals surface area contributed by atoms with Crippen molar-refractivity contribution in [2.75, 3.05) is 32.7 Å². The standard InChI is InChI=1S/C26H32N4O2/c1-4-29(5-2)16-10-15-27-23(31)17-30-25(19-11-6-7-12-20(19)26(30)32)24-18(3)28-22-14-9-8-13-21(22)24/h6-9,11-14,25,28H,4-5,10,15-17H2,1-3H3,(H,27,31)/t25-/m0/s1. The van der Waals surface area contributed by atoms with Gasteiger partial charge in [0.2, 0.25) is 5.91 Å². The monoisotopic (exact) mass is 432 g/mol. The number of amides is 2. The summed E-state index contributed by atoms with van der Waals surface area (Å²) in [7, 11) is 0. The van der Waals surface area contributed by atoms with Gasteiger partial charge in [-0.1, -0.05) is 50.2 Å². The molecule has 4 rings (SSSR count). The molecule has 6 nitrogen and oxygen atoms in total. The van der Waals surface area contributed by atoms with Crippen LogP contribution in [0.3, 0.4) is 0 Å². The highest BCUT2D eigenvalue weighted by molar-refractivity contribution is 6.02. The van der Waals surface area contributed by atoms with Crippen LogP contribution in [0.15, 0.2) is 48.5 Å². The van der Waals surface area contributed by atoms with Crippen LogP contribution in [0.2, 0.25) is 0 Å². The fourth-order valence-corrected chi connectivity index (χ4v) is 4.78. The number of fused-ring (bicyclic) bond motifs is 2. The van der Waals surface area contributed by atoms with E-state index in [1.165, 1.54) is 0 Å². The Labute approximate surface area is 189 Å². The second kappa shape index (κ2) is 9.57. The van der Waals surface area contributed by atoms with Crippen LogP contribution < -0.4 is 5.32 Å². The minimum Gasteiger partial charge on any atom is -0.358 e. The number of benzene rings is 2. The zero-order valence-electron chi connectivity index (χ0n) is 19.1. The molecule has 0 saturated carbocycles. The molecule has 0 unspecified atom stereocenters. The van der Waals surface area contributed by atoms with Gasteiger partial charge < -0.3 is 20.1 Å². The second-order valence-corrected chi connectivity index (χ2v) is 8.36. The van der Waals surface area contributed by atoms with E-state index in [1.807, 2.05) is 49.4 Å². The molecule has 6 heteroatoms. The number of hydrogen-bond acceptors (Lipinski definition) is 3. The van der Waals surface area contributed by atoms with Gasteiger partial charge in [-0.05, 0) is 50.7 Å². The summed E-state index contributed by atoms with van der Waals surface area (Å²) in [5, 5.41) is 4.10. The molecule has 2 amide bonds. The van der Waals surface area contributed by atoms with Crippen LogP contribution in [-0.2, 0) is 4.79 Å². The van der Waals surface area contributed by atoms with E-state index >= 15 is 0 Å². The predicted molar refractivity (Wildman–Crippen MR) is 128 cm³/mol. The third kappa shape index (κ3) is 4.15. The van der Waals surface area contributed by atoms with Crippen LogP contribution in [0.1, 0.15) is 53.5 Å². The fourth-order valence-electron chi connectivity index (χ4n) is 4.78. The van der Waals surface area contributed by atoms with Gasteiger partial charge in [-0.2, -0.15) is 0 Å². The molecule has 0 radical (unpaired) electrons. The number of H-pyrrole nitrogens is 1. The van der Waals surface area contributed by atoms with Gasteiger partial charge in [0.1, 0.15) is 6.54 Å². The second-order valence-electron chi connectivity index (χ2n) is 8.36. The van der Waals surface area contributed by atoms with E-state index in [1.54, 1.807) is 4.90 Å². The summed E-state index contributed by atoms with van der Waals surface area (Å²) >= 11 is 0. The largest absolute Gasteiger partial charge is 0.358 e. The van der Waals surface area contributed by atoms with E-state index in [0.717, 1.165) is 53.8 Å². The molecule has 168 valence electrons. The van der Waals surface area contributed by atoms with Gasteiger partial charge in [-0.15, -0.1) is 0 Å². The number of nitrogens with zero attached hydrogens (tertiary/aromatic N) is 2. The summed E-state index contributed by atoms with van der Waals surface area (Å²) in [5.41, 5.74) is 4.76. The van der Waals surface area contributed by atoms with Crippen LogP contribution in [-0.4, -0.2) is 59.3 Å². The predicted octanol–water partition coefficient (Wildman–Crippen LogP) is 3.87. The Balaban J connectivity index is 1.56. The van der Waals surface area contributed by atoms with Crippen molar-refractivity contribution in [3.8, 4) is 0 Å². The SMILES string of the molecule is CCN(CC)CCCNC(=O)CN1C(=O)c2ccccc2[C@H]1c1c(C)[nH]c2ccccc12. The summed E-state index contributed by atoms with van der Waals surface area (Å²) in [6.07, 6.45) is 0.895. The smallest absolute Gasteiger partial charge is 0.255 e. The molecule has 2 aromatic carbocycles. The van der Waals surface area contributed by atoms with E-state index in [9.17, 15) is 9.59 Å². The molecule has 1 aromatic heterocycles. The van der Waals surface area contributed by atoms with Gasteiger partial charge in [-0.25, -0.2) is 0 Å². The van der Waals surface area contributed by atoms with Crippen molar-refractivity contribution < 1.29 is 9.59 Å². The summed E-state index contributed by atoms with van der Waals surface area (Å²) in [5.74, 6) is -0.207. The van der Waals surface area contributed by atoms with Crippen molar-refractivity contribution in [1.29, 1.82) is 0 Å². The van der Waals surface area contributed by atoms with Gasteiger partial charge in [-0.3, -0.25) is 9.59 Å². The molecule has 0 spiro atoms. The first kappa shape index (κ1) is 22.1. The molecule has 1 aliphatic rings. The Hall–Kier alpha value is -3.12. The Kier molecular flexibility index (Phi) is 6.61. The summed E-state index contributed by atoms with van der Waals surface area (Å²) < 4.78 is 0. The van der Waals surface area contributed by atoms with E-state index in [4.69, 9.17) is 0 Å². The lowest BCUT2D eigenvalue weighted by atomic mass is 9.95. The maximum absolute atomic E-state index is 13.3. The van der Waals surface area contributed by atoms with Crippen molar-refractivity contribution >= 4 is 22.7 Å². The molecule has 32 heavy (non-hydrogen) atoms. The highest BCUT2D eigenvalue weighted by atomic mass is 16.2. The van der Waals surface area contributed by atoms with E-state index in [0.29, 0.717) is 12.1 Å². The maximum Gasteiger partial charge on any atom is 0.255 e. The topological polar surface area (TPSA) is 68.4 Å². The number of aryl methyl sites for hydroxylation is 1. The number of hydrogen-bond donors (Lipinski definition) is 2. The number of rotatable bonds is 9. The van der Waals surface area contributed by atoms with Crippen LogP contribution in [0, 0.1) is 6.92 Å². The number of carbonyl (C=O) groups excluding carboxylic acids is 2. The van der Waals surface area contributed by atoms with Gasteiger partial charge >= 0.3 is 0 Å². The highest BCUT2D eigenvalue weighted by Crippen LogP contribution is 2.42. The zero-order valence-corrected chi connectivity index (χ0v) is 19.1. The summed E-state index contributed by atoms with van der Waals surface area (Å²) in [6, 6.07) is 15.5. The molecule has 0 saturated heterocycles. The van der Waals surface area contributed by atoms with Crippen molar-refractivity contribution in [3.05, 3.63) is 70.9 Å². The van der Waals surface area contributed by atoms with Crippen LogP contribution >= 0.6 is 0 Å². The zero-order chi connectivity index (χ0) is 22.7. The maximum atomic E-state index is 13.3. The Morgan fingerprint density at radius 2 is 1.81 bits per heavy atom. The number of para-hydroxylation sites is 1. The lowest BCUT2D eigenvalue weighted by Gasteiger charge is -2.26. The molecule has 0 aliphatic carbocycles. The first-order valence-corrected chi connectivity index (χ1v) is 11.5. The van der Waals surface area contributed by atoms with Crippen molar-refractivity contribution in [1.82, 2.24) is 20.1 Å². The number of carbonyl (C=O) groups is 2. The normalized spacial score (nSPS) is 15.6. The molecule has 0 fully saturated rings.